The number of Topliss-reactive ketones (excluding diaryl/α,β-unsaturated/α-hetero) is 1. The molecule has 1 aromatic rings. The quantitative estimate of drug-likeness (QED) is 0.791. The van der Waals surface area contributed by atoms with Crippen molar-refractivity contribution in [2.24, 2.45) is 5.92 Å². The van der Waals surface area contributed by atoms with E-state index in [1.807, 2.05) is 24.3 Å². The molecule has 0 aromatic heterocycles. The third kappa shape index (κ3) is 5.71. The van der Waals surface area contributed by atoms with Crippen LogP contribution in [0.1, 0.15) is 19.4 Å². The molecule has 0 fully saturated rings. The summed E-state index contributed by atoms with van der Waals surface area (Å²) in [4.78, 5) is 11.7. The van der Waals surface area contributed by atoms with Crippen molar-refractivity contribution in [2.45, 2.75) is 20.3 Å². The highest BCUT2D eigenvalue weighted by molar-refractivity contribution is 9.10. The third-order valence-electron chi connectivity index (χ3n) is 2.00. The highest BCUT2D eigenvalue weighted by Gasteiger charge is 2.05. The van der Waals surface area contributed by atoms with Crippen LogP contribution in [0.15, 0.2) is 28.7 Å². The number of halogens is 1. The van der Waals surface area contributed by atoms with Crippen LogP contribution in [0, 0.1) is 5.92 Å². The number of carbonyl (C=O) groups excluding carboxylic acids is 1. The SMILES string of the molecule is CC(C)CSCC(=O)Cc1cccc(Br)c1. The second-order valence-corrected chi connectivity index (χ2v) is 6.20. The average Bonchev–Trinajstić information content (AvgIpc) is 2.16. The van der Waals surface area contributed by atoms with Crippen LogP contribution in [0.4, 0.5) is 0 Å². The number of rotatable bonds is 6. The fourth-order valence-corrected chi connectivity index (χ4v) is 2.70. The van der Waals surface area contributed by atoms with E-state index in [1.54, 1.807) is 11.8 Å². The lowest BCUT2D eigenvalue weighted by Crippen LogP contribution is -2.07. The molecule has 0 atom stereocenters. The van der Waals surface area contributed by atoms with Crippen molar-refractivity contribution in [3.05, 3.63) is 34.3 Å². The third-order valence-corrected chi connectivity index (χ3v) is 3.93. The molecule has 0 saturated heterocycles. The Morgan fingerprint density at radius 1 is 1.44 bits per heavy atom. The average molecular weight is 301 g/mol. The van der Waals surface area contributed by atoms with Crippen molar-refractivity contribution in [1.29, 1.82) is 0 Å². The van der Waals surface area contributed by atoms with Crippen molar-refractivity contribution in [1.82, 2.24) is 0 Å². The van der Waals surface area contributed by atoms with Crippen molar-refractivity contribution < 1.29 is 4.79 Å². The maximum atomic E-state index is 11.7. The zero-order chi connectivity index (χ0) is 12.0. The highest BCUT2D eigenvalue weighted by Crippen LogP contribution is 2.14. The number of benzene rings is 1. The molecule has 0 unspecified atom stereocenters. The predicted molar refractivity (Wildman–Crippen MR) is 75.0 cm³/mol. The van der Waals surface area contributed by atoms with E-state index in [0.29, 0.717) is 23.9 Å². The molecule has 0 radical (unpaired) electrons. The van der Waals surface area contributed by atoms with Gasteiger partial charge in [0.2, 0.25) is 0 Å². The first-order chi connectivity index (χ1) is 7.58. The molecule has 0 amide bonds. The van der Waals surface area contributed by atoms with Crippen molar-refractivity contribution in [2.75, 3.05) is 11.5 Å². The van der Waals surface area contributed by atoms with Gasteiger partial charge in [-0.05, 0) is 29.4 Å². The van der Waals surface area contributed by atoms with E-state index >= 15 is 0 Å². The van der Waals surface area contributed by atoms with Gasteiger partial charge in [0.1, 0.15) is 5.78 Å². The molecular formula is C13H17BrOS. The molecule has 1 nitrogen and oxygen atoms in total. The van der Waals surface area contributed by atoms with Gasteiger partial charge in [-0.1, -0.05) is 41.9 Å². The summed E-state index contributed by atoms with van der Waals surface area (Å²) in [6.45, 7) is 4.34. The van der Waals surface area contributed by atoms with Crippen molar-refractivity contribution >= 4 is 33.5 Å². The first-order valence-corrected chi connectivity index (χ1v) is 7.36. The molecule has 0 saturated carbocycles. The normalized spacial score (nSPS) is 10.8. The lowest BCUT2D eigenvalue weighted by atomic mass is 10.1. The van der Waals surface area contributed by atoms with Crippen LogP contribution in [-0.2, 0) is 11.2 Å². The van der Waals surface area contributed by atoms with Crippen LogP contribution in [0.5, 0.6) is 0 Å². The molecule has 0 aliphatic rings. The molecule has 1 rings (SSSR count). The summed E-state index contributed by atoms with van der Waals surface area (Å²) >= 11 is 5.14. The van der Waals surface area contributed by atoms with E-state index in [-0.39, 0.29) is 0 Å². The van der Waals surface area contributed by atoms with E-state index in [9.17, 15) is 4.79 Å². The zero-order valence-corrected chi connectivity index (χ0v) is 12.1. The smallest absolute Gasteiger partial charge is 0.147 e. The van der Waals surface area contributed by atoms with Crippen LogP contribution in [-0.4, -0.2) is 17.3 Å². The van der Waals surface area contributed by atoms with Gasteiger partial charge in [0.05, 0.1) is 5.75 Å². The summed E-state index contributed by atoms with van der Waals surface area (Å²) in [6.07, 6.45) is 0.546. The molecular weight excluding hydrogens is 284 g/mol. The van der Waals surface area contributed by atoms with Gasteiger partial charge in [0.25, 0.3) is 0 Å². The first-order valence-electron chi connectivity index (χ1n) is 5.42. The number of ketones is 1. The van der Waals surface area contributed by atoms with E-state index in [1.165, 1.54) is 0 Å². The van der Waals surface area contributed by atoms with Gasteiger partial charge < -0.3 is 0 Å². The van der Waals surface area contributed by atoms with E-state index in [2.05, 4.69) is 29.8 Å². The zero-order valence-electron chi connectivity index (χ0n) is 9.70. The van der Waals surface area contributed by atoms with Crippen LogP contribution in [0.3, 0.4) is 0 Å². The Kier molecular flexibility index (Phi) is 6.14. The van der Waals surface area contributed by atoms with E-state index in [0.717, 1.165) is 15.8 Å². The van der Waals surface area contributed by atoms with Crippen LogP contribution in [0.2, 0.25) is 0 Å². The van der Waals surface area contributed by atoms with Gasteiger partial charge in [-0.3, -0.25) is 4.79 Å². The van der Waals surface area contributed by atoms with Crippen molar-refractivity contribution in [3.63, 3.8) is 0 Å². The Hall–Kier alpha value is -0.280. The minimum atomic E-state index is 0.309. The number of hydrogen-bond donors (Lipinski definition) is 0. The number of hydrogen-bond acceptors (Lipinski definition) is 2. The maximum Gasteiger partial charge on any atom is 0.147 e. The van der Waals surface area contributed by atoms with Crippen molar-refractivity contribution in [3.8, 4) is 0 Å². The number of carbonyl (C=O) groups is 1. The summed E-state index contributed by atoms with van der Waals surface area (Å²) in [6, 6.07) is 7.94. The molecule has 16 heavy (non-hydrogen) atoms. The molecule has 0 spiro atoms. The van der Waals surface area contributed by atoms with Crippen LogP contribution in [0.25, 0.3) is 0 Å². The molecule has 0 heterocycles. The van der Waals surface area contributed by atoms with Crippen LogP contribution < -0.4 is 0 Å². The Morgan fingerprint density at radius 2 is 2.19 bits per heavy atom. The standard InChI is InChI=1S/C13H17BrOS/c1-10(2)8-16-9-13(15)7-11-4-3-5-12(14)6-11/h3-6,10H,7-9H2,1-2H3. The minimum absolute atomic E-state index is 0.309. The lowest BCUT2D eigenvalue weighted by Gasteiger charge is -2.04. The second kappa shape index (κ2) is 7.13. The van der Waals surface area contributed by atoms with Gasteiger partial charge in [0, 0.05) is 10.9 Å². The molecule has 1 aromatic carbocycles. The summed E-state index contributed by atoms with van der Waals surface area (Å²) < 4.78 is 1.03. The van der Waals surface area contributed by atoms with Gasteiger partial charge in [-0.25, -0.2) is 0 Å². The molecule has 88 valence electrons. The van der Waals surface area contributed by atoms with Gasteiger partial charge in [-0.2, -0.15) is 11.8 Å². The second-order valence-electron chi connectivity index (χ2n) is 4.25. The monoisotopic (exact) mass is 300 g/mol. The highest BCUT2D eigenvalue weighted by atomic mass is 79.9. The summed E-state index contributed by atoms with van der Waals surface area (Å²) in [5.41, 5.74) is 1.09. The lowest BCUT2D eigenvalue weighted by molar-refractivity contribution is -0.116. The molecule has 0 aliphatic heterocycles. The number of thioether (sulfide) groups is 1. The predicted octanol–water partition coefficient (Wildman–Crippen LogP) is 3.95. The van der Waals surface area contributed by atoms with Crippen LogP contribution >= 0.6 is 27.7 Å². The first kappa shape index (κ1) is 13.8. The Balaban J connectivity index is 2.34. The minimum Gasteiger partial charge on any atom is -0.298 e. The van der Waals surface area contributed by atoms with E-state index < -0.39 is 0 Å². The largest absolute Gasteiger partial charge is 0.298 e. The molecule has 0 aliphatic carbocycles. The summed E-state index contributed by atoms with van der Waals surface area (Å²) in [5, 5.41) is 0. The van der Waals surface area contributed by atoms with Gasteiger partial charge >= 0.3 is 0 Å². The Labute approximate surface area is 110 Å². The maximum absolute atomic E-state index is 11.7. The fraction of sp³-hybridized carbons (Fsp3) is 0.462. The topological polar surface area (TPSA) is 17.1 Å². The van der Waals surface area contributed by atoms with E-state index in [4.69, 9.17) is 0 Å². The Morgan fingerprint density at radius 3 is 2.81 bits per heavy atom. The summed E-state index contributed by atoms with van der Waals surface area (Å²) in [7, 11) is 0. The molecule has 3 heteroatoms. The fourth-order valence-electron chi connectivity index (χ4n) is 1.33. The molecule has 0 N–H and O–H groups in total. The summed E-state index contributed by atoms with van der Waals surface area (Å²) in [5.74, 6) is 2.65. The Bertz CT molecular complexity index is 350. The van der Waals surface area contributed by atoms with Gasteiger partial charge in [0.15, 0.2) is 0 Å². The molecule has 0 bridgehead atoms. The van der Waals surface area contributed by atoms with Gasteiger partial charge in [-0.15, -0.1) is 0 Å².